The molecule has 2 amide bonds. The Morgan fingerprint density at radius 3 is 2.48 bits per heavy atom. The molecular formula is C21H23FN2O. The van der Waals surface area contributed by atoms with Crippen LogP contribution in [0.25, 0.3) is 5.57 Å². The van der Waals surface area contributed by atoms with Gasteiger partial charge >= 0.3 is 6.03 Å². The number of hydrogen-bond donors (Lipinski definition) is 1. The fraction of sp³-hybridized carbons (Fsp3) is 0.286. The van der Waals surface area contributed by atoms with E-state index >= 15 is 0 Å². The van der Waals surface area contributed by atoms with Gasteiger partial charge in [-0.05, 0) is 47.2 Å². The first-order chi connectivity index (χ1) is 12.0. The van der Waals surface area contributed by atoms with Gasteiger partial charge in [0.15, 0.2) is 0 Å². The highest BCUT2D eigenvalue weighted by Crippen LogP contribution is 2.26. The normalized spacial score (nSPS) is 14.4. The summed E-state index contributed by atoms with van der Waals surface area (Å²) in [6.45, 7) is 5.44. The minimum Gasteiger partial charge on any atom is -0.320 e. The van der Waals surface area contributed by atoms with Crippen LogP contribution in [0.3, 0.4) is 0 Å². The molecule has 0 bridgehead atoms. The van der Waals surface area contributed by atoms with Crippen LogP contribution in [0.5, 0.6) is 0 Å². The number of nitrogens with zero attached hydrogens (tertiary/aromatic N) is 1. The van der Waals surface area contributed by atoms with Crippen molar-refractivity contribution in [2.45, 2.75) is 26.2 Å². The molecule has 1 aliphatic rings. The number of rotatable bonds is 3. The van der Waals surface area contributed by atoms with Crippen molar-refractivity contribution in [3.05, 3.63) is 71.6 Å². The van der Waals surface area contributed by atoms with E-state index in [9.17, 15) is 9.18 Å². The van der Waals surface area contributed by atoms with Gasteiger partial charge in [-0.25, -0.2) is 9.18 Å². The zero-order valence-corrected chi connectivity index (χ0v) is 14.6. The number of carbonyl (C=O) groups excluding carboxylic acids is 1. The van der Waals surface area contributed by atoms with E-state index in [0.29, 0.717) is 19.0 Å². The number of nitrogens with one attached hydrogen (secondary N) is 1. The second kappa shape index (κ2) is 7.51. The lowest BCUT2D eigenvalue weighted by atomic mass is 9.99. The second-order valence-electron chi connectivity index (χ2n) is 6.60. The number of amides is 2. The molecule has 1 N–H and O–H groups in total. The lowest BCUT2D eigenvalue weighted by Gasteiger charge is -2.27. The number of anilines is 1. The average Bonchev–Trinajstić information content (AvgIpc) is 2.63. The van der Waals surface area contributed by atoms with Crippen molar-refractivity contribution in [2.24, 2.45) is 0 Å². The second-order valence-corrected chi connectivity index (χ2v) is 6.60. The highest BCUT2D eigenvalue weighted by molar-refractivity contribution is 5.91. The van der Waals surface area contributed by atoms with Gasteiger partial charge in [0, 0.05) is 18.8 Å². The predicted molar refractivity (Wildman–Crippen MR) is 100 cm³/mol. The van der Waals surface area contributed by atoms with Gasteiger partial charge in [-0.2, -0.15) is 0 Å². The van der Waals surface area contributed by atoms with Gasteiger partial charge in [0.2, 0.25) is 0 Å². The number of urea groups is 1. The number of para-hydroxylation sites is 1. The Balaban J connectivity index is 1.66. The standard InChI is InChI=1S/C21H23FN2O/c1-15(2)19-5-3-4-6-20(19)23-21(25)24-13-11-17(12-14-24)16-7-9-18(22)10-8-16/h3-11,15H,12-14H2,1-2H3,(H,23,25). The van der Waals surface area contributed by atoms with Crippen LogP contribution in [0.15, 0.2) is 54.6 Å². The fourth-order valence-electron chi connectivity index (χ4n) is 3.09. The molecule has 0 spiro atoms. The summed E-state index contributed by atoms with van der Waals surface area (Å²) < 4.78 is 13.0. The molecule has 0 atom stereocenters. The summed E-state index contributed by atoms with van der Waals surface area (Å²) in [7, 11) is 0. The molecule has 2 aromatic carbocycles. The Hall–Kier alpha value is -2.62. The zero-order chi connectivity index (χ0) is 17.8. The summed E-state index contributed by atoms with van der Waals surface area (Å²) in [6, 6.07) is 14.3. The Labute approximate surface area is 148 Å². The maximum absolute atomic E-state index is 13.0. The minimum atomic E-state index is -0.231. The first-order valence-electron chi connectivity index (χ1n) is 8.64. The van der Waals surface area contributed by atoms with E-state index in [4.69, 9.17) is 0 Å². The summed E-state index contributed by atoms with van der Waals surface area (Å²) >= 11 is 0. The first-order valence-corrected chi connectivity index (χ1v) is 8.64. The molecule has 0 aromatic heterocycles. The Morgan fingerprint density at radius 1 is 1.12 bits per heavy atom. The highest BCUT2D eigenvalue weighted by atomic mass is 19.1. The number of carbonyl (C=O) groups is 1. The number of halogens is 1. The number of benzene rings is 2. The van der Waals surface area contributed by atoms with Crippen LogP contribution in [-0.4, -0.2) is 24.0 Å². The summed E-state index contributed by atoms with van der Waals surface area (Å²) in [5.74, 6) is 0.118. The topological polar surface area (TPSA) is 32.3 Å². The van der Waals surface area contributed by atoms with Crippen molar-refractivity contribution >= 4 is 17.3 Å². The van der Waals surface area contributed by atoms with E-state index in [1.165, 1.54) is 12.1 Å². The van der Waals surface area contributed by atoms with E-state index in [0.717, 1.165) is 28.8 Å². The van der Waals surface area contributed by atoms with Crippen LogP contribution in [0.2, 0.25) is 0 Å². The lowest BCUT2D eigenvalue weighted by molar-refractivity contribution is 0.217. The van der Waals surface area contributed by atoms with Gasteiger partial charge in [0.05, 0.1) is 0 Å². The van der Waals surface area contributed by atoms with Crippen molar-refractivity contribution in [3.8, 4) is 0 Å². The Kier molecular flexibility index (Phi) is 5.17. The van der Waals surface area contributed by atoms with Gasteiger partial charge < -0.3 is 10.2 Å². The zero-order valence-electron chi connectivity index (χ0n) is 14.6. The van der Waals surface area contributed by atoms with Crippen LogP contribution in [0, 0.1) is 5.82 Å². The largest absolute Gasteiger partial charge is 0.322 e. The molecule has 4 heteroatoms. The molecule has 1 aliphatic heterocycles. The third-order valence-corrected chi connectivity index (χ3v) is 4.54. The molecule has 0 unspecified atom stereocenters. The van der Waals surface area contributed by atoms with Crippen molar-refractivity contribution in [2.75, 3.05) is 18.4 Å². The Bertz CT molecular complexity index is 781. The van der Waals surface area contributed by atoms with Gasteiger partial charge in [-0.1, -0.05) is 50.3 Å². The van der Waals surface area contributed by atoms with Crippen LogP contribution in [0.1, 0.15) is 37.3 Å². The summed E-state index contributed by atoms with van der Waals surface area (Å²) in [5, 5.41) is 3.03. The van der Waals surface area contributed by atoms with Gasteiger partial charge in [-0.3, -0.25) is 0 Å². The molecule has 0 saturated carbocycles. The fourth-order valence-corrected chi connectivity index (χ4v) is 3.09. The molecule has 130 valence electrons. The molecule has 0 fully saturated rings. The van der Waals surface area contributed by atoms with Crippen LogP contribution >= 0.6 is 0 Å². The first kappa shape index (κ1) is 17.2. The van der Waals surface area contributed by atoms with Gasteiger partial charge in [0.1, 0.15) is 5.82 Å². The quantitative estimate of drug-likeness (QED) is 0.812. The van der Waals surface area contributed by atoms with E-state index in [-0.39, 0.29) is 11.8 Å². The van der Waals surface area contributed by atoms with Crippen molar-refractivity contribution < 1.29 is 9.18 Å². The summed E-state index contributed by atoms with van der Waals surface area (Å²) in [6.07, 6.45) is 2.82. The van der Waals surface area contributed by atoms with Crippen molar-refractivity contribution in [1.29, 1.82) is 0 Å². The van der Waals surface area contributed by atoms with Crippen molar-refractivity contribution in [1.82, 2.24) is 4.90 Å². The molecular weight excluding hydrogens is 315 g/mol. The summed E-state index contributed by atoms with van der Waals surface area (Å²) in [5.41, 5.74) is 4.18. The predicted octanol–water partition coefficient (Wildman–Crippen LogP) is 5.27. The number of hydrogen-bond acceptors (Lipinski definition) is 1. The van der Waals surface area contributed by atoms with E-state index < -0.39 is 0 Å². The monoisotopic (exact) mass is 338 g/mol. The molecule has 0 saturated heterocycles. The average molecular weight is 338 g/mol. The van der Waals surface area contributed by atoms with Crippen LogP contribution in [-0.2, 0) is 0 Å². The van der Waals surface area contributed by atoms with Crippen molar-refractivity contribution in [3.63, 3.8) is 0 Å². The molecule has 3 nitrogen and oxygen atoms in total. The van der Waals surface area contributed by atoms with Gasteiger partial charge in [0.25, 0.3) is 0 Å². The lowest BCUT2D eigenvalue weighted by Crippen LogP contribution is -2.38. The third kappa shape index (κ3) is 4.08. The van der Waals surface area contributed by atoms with E-state index in [2.05, 4.69) is 19.2 Å². The van der Waals surface area contributed by atoms with Gasteiger partial charge in [-0.15, -0.1) is 0 Å². The Morgan fingerprint density at radius 2 is 1.84 bits per heavy atom. The molecule has 25 heavy (non-hydrogen) atoms. The van der Waals surface area contributed by atoms with Crippen LogP contribution in [0.4, 0.5) is 14.9 Å². The maximum atomic E-state index is 13.0. The minimum absolute atomic E-state index is 0.0810. The third-order valence-electron chi connectivity index (χ3n) is 4.54. The molecule has 0 aliphatic carbocycles. The highest BCUT2D eigenvalue weighted by Gasteiger charge is 2.19. The molecule has 3 rings (SSSR count). The molecule has 2 aromatic rings. The SMILES string of the molecule is CC(C)c1ccccc1NC(=O)N1CC=C(c2ccc(F)cc2)CC1. The maximum Gasteiger partial charge on any atom is 0.322 e. The van der Waals surface area contributed by atoms with Crippen LogP contribution < -0.4 is 5.32 Å². The van der Waals surface area contributed by atoms with E-state index in [1.807, 2.05) is 30.3 Å². The molecule has 1 heterocycles. The summed E-state index contributed by atoms with van der Waals surface area (Å²) in [4.78, 5) is 14.4. The van der Waals surface area contributed by atoms with E-state index in [1.54, 1.807) is 17.0 Å². The molecule has 0 radical (unpaired) electrons. The smallest absolute Gasteiger partial charge is 0.320 e.